The summed E-state index contributed by atoms with van der Waals surface area (Å²) in [7, 11) is 2.86. The van der Waals surface area contributed by atoms with E-state index in [0.717, 1.165) is 4.57 Å². The second-order valence-electron chi connectivity index (χ2n) is 3.75. The molecule has 0 aliphatic heterocycles. The van der Waals surface area contributed by atoms with Gasteiger partial charge in [0, 0.05) is 25.9 Å². The van der Waals surface area contributed by atoms with Crippen LogP contribution in [0.25, 0.3) is 11.0 Å². The van der Waals surface area contributed by atoms with Gasteiger partial charge in [0.1, 0.15) is 11.0 Å². The van der Waals surface area contributed by atoms with Crippen LogP contribution in [0, 0.1) is 6.92 Å². The van der Waals surface area contributed by atoms with Crippen molar-refractivity contribution in [2.75, 3.05) is 0 Å². The van der Waals surface area contributed by atoms with Crippen LogP contribution in [0.3, 0.4) is 0 Å². The first-order valence-corrected chi connectivity index (χ1v) is 4.73. The number of rotatable bonds is 0. The van der Waals surface area contributed by atoms with E-state index in [1.165, 1.54) is 24.7 Å². The molecule has 84 valence electrons. The minimum Gasteiger partial charge on any atom is -0.344 e. The summed E-state index contributed by atoms with van der Waals surface area (Å²) < 4.78 is 2.18. The predicted octanol–water partition coefficient (Wildman–Crippen LogP) is -0.766. The van der Waals surface area contributed by atoms with Gasteiger partial charge in [-0.2, -0.15) is 0 Å². The van der Waals surface area contributed by atoms with Crippen LogP contribution in [-0.4, -0.2) is 14.1 Å². The highest BCUT2D eigenvalue weighted by Crippen LogP contribution is 1.99. The maximum Gasteiger partial charge on any atom is 0.332 e. The zero-order valence-corrected chi connectivity index (χ0v) is 9.20. The van der Waals surface area contributed by atoms with Crippen molar-refractivity contribution in [3.63, 3.8) is 0 Å². The normalized spacial score (nSPS) is 10.9. The molecule has 0 unspecified atom stereocenters. The van der Waals surface area contributed by atoms with Crippen LogP contribution in [0.15, 0.2) is 20.4 Å². The first-order chi connectivity index (χ1) is 7.43. The summed E-state index contributed by atoms with van der Waals surface area (Å²) in [5, 5.41) is 0.00944. The molecule has 6 heteroatoms. The lowest BCUT2D eigenvalue weighted by Gasteiger charge is -2.07. The molecule has 2 aromatic rings. The quantitative estimate of drug-likeness (QED) is 0.635. The highest BCUT2D eigenvalue weighted by atomic mass is 16.2. The van der Waals surface area contributed by atoms with Gasteiger partial charge in [0.15, 0.2) is 5.43 Å². The van der Waals surface area contributed by atoms with E-state index in [9.17, 15) is 14.4 Å². The highest BCUT2D eigenvalue weighted by molar-refractivity contribution is 5.73. The minimum atomic E-state index is -0.570. The Morgan fingerprint density at radius 1 is 1.12 bits per heavy atom. The Kier molecular flexibility index (Phi) is 2.08. The molecule has 0 aliphatic rings. The number of hydrogen-bond donors (Lipinski definition) is 1. The van der Waals surface area contributed by atoms with Gasteiger partial charge in [0.25, 0.3) is 5.56 Å². The molecule has 0 bridgehead atoms. The number of nitrogens with one attached hydrogen (secondary N) is 1. The number of nitrogens with zero attached hydrogens (tertiary/aromatic N) is 2. The van der Waals surface area contributed by atoms with Crippen LogP contribution >= 0.6 is 0 Å². The van der Waals surface area contributed by atoms with Gasteiger partial charge >= 0.3 is 5.69 Å². The number of hydrogen-bond acceptors (Lipinski definition) is 3. The second-order valence-corrected chi connectivity index (χ2v) is 3.75. The number of aryl methyl sites for hydroxylation is 2. The topological polar surface area (TPSA) is 76.9 Å². The average Bonchev–Trinajstić information content (AvgIpc) is 2.22. The fourth-order valence-electron chi connectivity index (χ4n) is 1.70. The van der Waals surface area contributed by atoms with Crippen LogP contribution in [0.4, 0.5) is 0 Å². The number of pyridine rings is 1. The van der Waals surface area contributed by atoms with E-state index in [1.54, 1.807) is 6.92 Å². The molecule has 16 heavy (non-hydrogen) atoms. The third-order valence-corrected chi connectivity index (χ3v) is 2.57. The van der Waals surface area contributed by atoms with E-state index in [1.807, 2.05) is 0 Å². The molecule has 6 nitrogen and oxygen atoms in total. The molecule has 0 spiro atoms. The Balaban J connectivity index is 3.29. The standard InChI is InChI=1S/C10H11N3O3/c1-5-4-6(14)7-8(11-5)12(2)10(16)13(3)9(7)15/h4H,1-3H3,(H,11,14). The summed E-state index contributed by atoms with van der Waals surface area (Å²) in [5.41, 5.74) is -0.528. The Hall–Kier alpha value is -2.11. The van der Waals surface area contributed by atoms with Gasteiger partial charge in [-0.05, 0) is 6.92 Å². The Bertz CT molecular complexity index is 749. The molecule has 2 aromatic heterocycles. The maximum absolute atomic E-state index is 11.8. The molecule has 0 saturated carbocycles. The summed E-state index contributed by atoms with van der Waals surface area (Å²) in [5.74, 6) is 0. The van der Waals surface area contributed by atoms with E-state index < -0.39 is 11.2 Å². The molecule has 2 heterocycles. The van der Waals surface area contributed by atoms with Crippen LogP contribution < -0.4 is 16.7 Å². The van der Waals surface area contributed by atoms with Gasteiger partial charge in [0.2, 0.25) is 0 Å². The SMILES string of the molecule is Cc1cc(=O)c2c(=O)n(C)c(=O)n(C)c2[nH]1. The lowest BCUT2D eigenvalue weighted by atomic mass is 10.3. The number of aromatic amines is 1. The van der Waals surface area contributed by atoms with Crippen LogP contribution in [0.5, 0.6) is 0 Å². The second kappa shape index (κ2) is 3.19. The smallest absolute Gasteiger partial charge is 0.332 e. The molecule has 2 rings (SSSR count). The maximum atomic E-state index is 11.8. The lowest BCUT2D eigenvalue weighted by Crippen LogP contribution is -2.39. The van der Waals surface area contributed by atoms with E-state index in [2.05, 4.69) is 4.98 Å². The summed E-state index contributed by atoms with van der Waals surface area (Å²) in [6.07, 6.45) is 0. The molecule has 1 N–H and O–H groups in total. The van der Waals surface area contributed by atoms with Crippen molar-refractivity contribution in [2.45, 2.75) is 6.92 Å². The highest BCUT2D eigenvalue weighted by Gasteiger charge is 2.11. The minimum absolute atomic E-state index is 0.00944. The number of fused-ring (bicyclic) bond motifs is 1. The molecule has 0 aliphatic carbocycles. The van der Waals surface area contributed by atoms with Crippen molar-refractivity contribution >= 4 is 11.0 Å². The van der Waals surface area contributed by atoms with E-state index in [4.69, 9.17) is 0 Å². The Morgan fingerprint density at radius 3 is 2.38 bits per heavy atom. The largest absolute Gasteiger partial charge is 0.344 e. The lowest BCUT2D eigenvalue weighted by molar-refractivity contribution is 0.706. The molecular weight excluding hydrogens is 210 g/mol. The third kappa shape index (κ3) is 1.23. The van der Waals surface area contributed by atoms with Crippen LogP contribution in [-0.2, 0) is 14.1 Å². The fraction of sp³-hybridized carbons (Fsp3) is 0.300. The summed E-state index contributed by atoms with van der Waals surface area (Å²) >= 11 is 0. The van der Waals surface area contributed by atoms with E-state index in [0.29, 0.717) is 5.69 Å². The first kappa shape index (κ1) is 10.4. The Labute approximate surface area is 89.8 Å². The van der Waals surface area contributed by atoms with Gasteiger partial charge in [-0.15, -0.1) is 0 Å². The van der Waals surface area contributed by atoms with Gasteiger partial charge in [-0.3, -0.25) is 18.7 Å². The molecular formula is C10H11N3O3. The fourth-order valence-corrected chi connectivity index (χ4v) is 1.70. The third-order valence-electron chi connectivity index (χ3n) is 2.57. The van der Waals surface area contributed by atoms with Crippen molar-refractivity contribution in [3.8, 4) is 0 Å². The summed E-state index contributed by atoms with van der Waals surface area (Å²) in [6.45, 7) is 1.70. The van der Waals surface area contributed by atoms with Crippen LogP contribution in [0.2, 0.25) is 0 Å². The average molecular weight is 221 g/mol. The van der Waals surface area contributed by atoms with Crippen molar-refractivity contribution in [2.24, 2.45) is 14.1 Å². The molecule has 0 atom stereocenters. The van der Waals surface area contributed by atoms with Gasteiger partial charge in [0.05, 0.1) is 0 Å². The number of aromatic nitrogens is 3. The van der Waals surface area contributed by atoms with Crippen LogP contribution in [0.1, 0.15) is 5.69 Å². The monoisotopic (exact) mass is 221 g/mol. The van der Waals surface area contributed by atoms with Gasteiger partial charge < -0.3 is 4.98 Å². The molecule has 0 saturated heterocycles. The Morgan fingerprint density at radius 2 is 1.75 bits per heavy atom. The molecule has 0 aromatic carbocycles. The molecule has 0 amide bonds. The zero-order valence-electron chi connectivity index (χ0n) is 9.20. The van der Waals surface area contributed by atoms with Crippen molar-refractivity contribution in [3.05, 3.63) is 42.8 Å². The van der Waals surface area contributed by atoms with Gasteiger partial charge in [-0.1, -0.05) is 0 Å². The summed E-state index contributed by atoms with van der Waals surface area (Å²) in [6, 6.07) is 1.34. The zero-order chi connectivity index (χ0) is 12.0. The van der Waals surface area contributed by atoms with Crippen molar-refractivity contribution < 1.29 is 0 Å². The van der Waals surface area contributed by atoms with Crippen molar-refractivity contribution in [1.82, 2.24) is 14.1 Å². The number of H-pyrrole nitrogens is 1. The van der Waals surface area contributed by atoms with Crippen molar-refractivity contribution in [1.29, 1.82) is 0 Å². The predicted molar refractivity (Wildman–Crippen MR) is 59.8 cm³/mol. The van der Waals surface area contributed by atoms with E-state index in [-0.39, 0.29) is 16.5 Å². The van der Waals surface area contributed by atoms with Gasteiger partial charge in [-0.25, -0.2) is 4.79 Å². The van der Waals surface area contributed by atoms with E-state index >= 15 is 0 Å². The summed E-state index contributed by atoms with van der Waals surface area (Å²) in [4.78, 5) is 37.9. The first-order valence-electron chi connectivity index (χ1n) is 4.73. The molecule has 0 radical (unpaired) electrons. The molecule has 0 fully saturated rings.